The van der Waals surface area contributed by atoms with Crippen LogP contribution < -0.4 is 10.6 Å². The van der Waals surface area contributed by atoms with Crippen molar-refractivity contribution in [1.82, 2.24) is 9.99 Å². The van der Waals surface area contributed by atoms with Crippen LogP contribution in [0, 0.1) is 28.6 Å². The molecule has 0 aliphatic rings. The maximum absolute atomic E-state index is 15.7. The molecule has 0 aliphatic heterocycles. The number of hydrazine groups is 1. The van der Waals surface area contributed by atoms with E-state index in [2.05, 4.69) is 11.6 Å². The van der Waals surface area contributed by atoms with E-state index in [1.807, 2.05) is 6.07 Å². The van der Waals surface area contributed by atoms with E-state index in [9.17, 15) is 13.2 Å². The molecule has 1 heterocycles. The van der Waals surface area contributed by atoms with Crippen molar-refractivity contribution in [3.8, 4) is 22.9 Å². The Morgan fingerprint density at radius 3 is 2.32 bits per heavy atom. The lowest BCUT2D eigenvalue weighted by atomic mass is 9.90. The number of allylic oxidation sites excluding steroid dienone is 7. The maximum Gasteiger partial charge on any atom is 0.151 e. The largest absolute Gasteiger partial charge is 0.493 e. The summed E-state index contributed by atoms with van der Waals surface area (Å²) in [7, 11) is 0. The van der Waals surface area contributed by atoms with Crippen LogP contribution in [0.25, 0.3) is 11.1 Å². The molecule has 0 bridgehead atoms. The number of rotatable bonds is 14. The van der Waals surface area contributed by atoms with Crippen LogP contribution in [0.15, 0.2) is 102 Å². The average molecular weight is 568 g/mol. The van der Waals surface area contributed by atoms with Gasteiger partial charge in [0.15, 0.2) is 6.17 Å². The minimum Gasteiger partial charge on any atom is -0.493 e. The van der Waals surface area contributed by atoms with E-state index in [0.29, 0.717) is 16.9 Å². The van der Waals surface area contributed by atoms with E-state index in [1.54, 1.807) is 44.2 Å². The van der Waals surface area contributed by atoms with Gasteiger partial charge in [0.2, 0.25) is 0 Å². The molecule has 0 radical (unpaired) electrons. The number of benzene rings is 1. The number of nitrogens with zero attached hydrogens (tertiary/aromatic N) is 3. The van der Waals surface area contributed by atoms with Gasteiger partial charge in [0.25, 0.3) is 0 Å². The van der Waals surface area contributed by atoms with Gasteiger partial charge in [0.05, 0.1) is 24.7 Å². The molecule has 41 heavy (non-hydrogen) atoms. The summed E-state index contributed by atoms with van der Waals surface area (Å²) in [5.41, 5.74) is 1.71. The highest BCUT2D eigenvalue weighted by Crippen LogP contribution is 2.35. The van der Waals surface area contributed by atoms with Crippen molar-refractivity contribution >= 4 is 6.34 Å². The van der Waals surface area contributed by atoms with Gasteiger partial charge in [-0.2, -0.15) is 5.26 Å². The number of ether oxygens (including phenoxy) is 1. The lowest BCUT2D eigenvalue weighted by Crippen LogP contribution is -2.36. The Balaban J connectivity index is 2.18. The molecule has 3 unspecified atom stereocenters. The minimum atomic E-state index is -1.82. The van der Waals surface area contributed by atoms with Gasteiger partial charge in [-0.3, -0.25) is 10.4 Å². The third-order valence-electron chi connectivity index (χ3n) is 6.06. The first-order chi connectivity index (χ1) is 19.5. The number of nitrogens with two attached hydrogens (primary N) is 1. The zero-order valence-electron chi connectivity index (χ0n) is 23.1. The van der Waals surface area contributed by atoms with Gasteiger partial charge < -0.3 is 9.75 Å². The van der Waals surface area contributed by atoms with Crippen LogP contribution in [-0.2, 0) is 0 Å². The number of pyridine rings is 1. The number of nitrogens with one attached hydrogen (secondary N) is 1. The molecular formula is C31H33F4N5O. The minimum absolute atomic E-state index is 0.00665. The standard InChI is InChI=1S/C31H33F4N5O/c1-20(15-36)5-13-29(34)21(2)18-41-26-10-7-24(8-11-26)25-9-14-30(39-16-25)31(35)28(17-40(38)19-37)27(23(4)33)12-6-22(3)32/h5-14,16,19,21,28,31,37H,3,17-18,38H2,1-2,4H3/b12-6-,20-5+,27-23-,29-13+,37-19?. The first-order valence-electron chi connectivity index (χ1n) is 12.6. The zero-order chi connectivity index (χ0) is 30.5. The van der Waals surface area contributed by atoms with Crippen molar-refractivity contribution in [3.05, 3.63) is 108 Å². The van der Waals surface area contributed by atoms with Gasteiger partial charge in [-0.15, -0.1) is 0 Å². The second kappa shape index (κ2) is 15.9. The van der Waals surface area contributed by atoms with E-state index in [4.69, 9.17) is 21.3 Å². The molecule has 0 saturated heterocycles. The molecule has 10 heteroatoms. The number of aromatic nitrogens is 1. The average Bonchev–Trinajstić information content (AvgIpc) is 2.97. The number of halogens is 4. The van der Waals surface area contributed by atoms with Crippen LogP contribution in [0.2, 0.25) is 0 Å². The molecule has 2 aromatic rings. The predicted octanol–water partition coefficient (Wildman–Crippen LogP) is 7.78. The van der Waals surface area contributed by atoms with Crippen LogP contribution in [0.1, 0.15) is 32.6 Å². The van der Waals surface area contributed by atoms with Gasteiger partial charge in [-0.1, -0.05) is 37.8 Å². The third kappa shape index (κ3) is 10.2. The smallest absolute Gasteiger partial charge is 0.151 e. The first-order valence-corrected chi connectivity index (χ1v) is 12.6. The highest BCUT2D eigenvalue weighted by atomic mass is 19.1. The van der Waals surface area contributed by atoms with Crippen molar-refractivity contribution in [2.24, 2.45) is 17.7 Å². The number of alkyl halides is 1. The first kappa shape index (κ1) is 32.7. The van der Waals surface area contributed by atoms with Crippen molar-refractivity contribution in [2.75, 3.05) is 13.2 Å². The molecule has 3 atom stereocenters. The van der Waals surface area contributed by atoms with E-state index < -0.39 is 35.5 Å². The van der Waals surface area contributed by atoms with Crippen molar-refractivity contribution in [1.29, 1.82) is 10.7 Å². The normalized spacial score (nSPS) is 15.0. The van der Waals surface area contributed by atoms with Gasteiger partial charge in [-0.25, -0.2) is 23.4 Å². The Morgan fingerprint density at radius 2 is 1.78 bits per heavy atom. The van der Waals surface area contributed by atoms with E-state index in [-0.39, 0.29) is 24.4 Å². The van der Waals surface area contributed by atoms with Gasteiger partial charge in [-0.05, 0) is 61.4 Å². The Kier molecular flexibility index (Phi) is 12.7. The Morgan fingerprint density at radius 1 is 1.12 bits per heavy atom. The SMILES string of the molecule is C=C(F)/C=C\C(=C(/C)F)C(CN(N)C=N)C(F)c1ccc(-c2ccc(OCC(C)/C(F)=C\C=C(/C)C#N)cc2)cn1. The zero-order valence-corrected chi connectivity index (χ0v) is 23.1. The highest BCUT2D eigenvalue weighted by molar-refractivity contribution is 5.63. The Bertz CT molecular complexity index is 1350. The highest BCUT2D eigenvalue weighted by Gasteiger charge is 2.29. The molecule has 0 spiro atoms. The second-order valence-corrected chi connectivity index (χ2v) is 9.32. The molecule has 0 amide bonds. The van der Waals surface area contributed by atoms with Gasteiger partial charge in [0.1, 0.15) is 23.2 Å². The fraction of sp³-hybridized carbons (Fsp3) is 0.258. The molecule has 3 N–H and O–H groups in total. The lowest BCUT2D eigenvalue weighted by Gasteiger charge is -2.26. The van der Waals surface area contributed by atoms with Crippen molar-refractivity contribution in [3.63, 3.8) is 0 Å². The second-order valence-electron chi connectivity index (χ2n) is 9.32. The molecule has 216 valence electrons. The van der Waals surface area contributed by atoms with Gasteiger partial charge >= 0.3 is 0 Å². The molecule has 0 aliphatic carbocycles. The molecule has 0 fully saturated rings. The predicted molar refractivity (Wildman–Crippen MR) is 153 cm³/mol. The van der Waals surface area contributed by atoms with Crippen LogP contribution in [0.4, 0.5) is 17.6 Å². The van der Waals surface area contributed by atoms with E-state index >= 15 is 4.39 Å². The van der Waals surface area contributed by atoms with Crippen LogP contribution >= 0.6 is 0 Å². The quantitative estimate of drug-likeness (QED) is 0.0462. The fourth-order valence-electron chi connectivity index (χ4n) is 3.70. The molecule has 6 nitrogen and oxygen atoms in total. The molecule has 0 saturated carbocycles. The summed E-state index contributed by atoms with van der Waals surface area (Å²) in [5.74, 6) is 2.54. The molecular weight excluding hydrogens is 534 g/mol. The summed E-state index contributed by atoms with van der Waals surface area (Å²) >= 11 is 0. The monoisotopic (exact) mass is 567 g/mol. The summed E-state index contributed by atoms with van der Waals surface area (Å²) in [5, 5.41) is 17.0. The van der Waals surface area contributed by atoms with Crippen LogP contribution in [-0.4, -0.2) is 29.5 Å². The van der Waals surface area contributed by atoms with Crippen molar-refractivity contribution < 1.29 is 22.3 Å². The summed E-state index contributed by atoms with van der Waals surface area (Å²) in [6.45, 7) is 7.31. The van der Waals surface area contributed by atoms with Gasteiger partial charge in [0, 0.05) is 35.7 Å². The summed E-state index contributed by atoms with van der Waals surface area (Å²) in [6.07, 6.45) is 5.11. The number of hydrogen-bond acceptors (Lipinski definition) is 5. The molecule has 1 aromatic heterocycles. The number of hydrogen-bond donors (Lipinski definition) is 2. The van der Waals surface area contributed by atoms with E-state index in [1.165, 1.54) is 24.4 Å². The Labute approximate surface area is 237 Å². The summed E-state index contributed by atoms with van der Waals surface area (Å²) < 4.78 is 63.1. The lowest BCUT2D eigenvalue weighted by molar-refractivity contribution is 0.217. The summed E-state index contributed by atoms with van der Waals surface area (Å²) in [4.78, 5) is 4.23. The number of nitriles is 1. The van der Waals surface area contributed by atoms with Crippen LogP contribution in [0.5, 0.6) is 5.75 Å². The van der Waals surface area contributed by atoms with Crippen LogP contribution in [0.3, 0.4) is 0 Å². The molecule has 2 rings (SSSR count). The summed E-state index contributed by atoms with van der Waals surface area (Å²) in [6, 6.07) is 12.0. The topological polar surface area (TPSA) is 99.0 Å². The fourth-order valence-corrected chi connectivity index (χ4v) is 3.70. The molecule has 1 aromatic carbocycles. The van der Waals surface area contributed by atoms with E-state index in [0.717, 1.165) is 36.0 Å². The Hall–Kier alpha value is -4.49. The third-order valence-corrected chi connectivity index (χ3v) is 6.06. The van der Waals surface area contributed by atoms with Crippen molar-refractivity contribution in [2.45, 2.75) is 26.9 Å². The maximum atomic E-state index is 15.7.